The van der Waals surface area contributed by atoms with Crippen molar-refractivity contribution < 1.29 is 8.42 Å². The molecule has 94 valence electrons. The predicted molar refractivity (Wildman–Crippen MR) is 65.1 cm³/mol. The van der Waals surface area contributed by atoms with Crippen molar-refractivity contribution >= 4 is 10.7 Å². The van der Waals surface area contributed by atoms with Crippen molar-refractivity contribution in [3.05, 3.63) is 0 Å². The summed E-state index contributed by atoms with van der Waals surface area (Å²) in [5.41, 5.74) is 0. The summed E-state index contributed by atoms with van der Waals surface area (Å²) in [4.78, 5) is 2.07. The Bertz CT molecular complexity index is 272. The van der Waals surface area contributed by atoms with Crippen LogP contribution >= 0.6 is 0 Å². The number of nitrogens with zero attached hydrogens (tertiary/aromatic N) is 1. The van der Waals surface area contributed by atoms with Gasteiger partial charge in [0, 0.05) is 0 Å². The average Bonchev–Trinajstić information content (AvgIpc) is 2.30. The summed E-state index contributed by atoms with van der Waals surface area (Å²) in [5, 5.41) is 3.40. The molecule has 4 nitrogen and oxygen atoms in total. The smallest absolute Gasteiger partial charge is 0.153 e. The number of rotatable bonds is 3. The summed E-state index contributed by atoms with van der Waals surface area (Å²) in [6, 6.07) is 0. The molecule has 0 aromatic carbocycles. The molecule has 2 heterocycles. The van der Waals surface area contributed by atoms with Crippen LogP contribution in [0, 0.1) is 11.8 Å². The van der Waals surface area contributed by atoms with Crippen LogP contribution in [0.4, 0.5) is 0 Å². The highest BCUT2D eigenvalue weighted by atomic mass is 32.2. The second kappa shape index (κ2) is 5.98. The van der Waals surface area contributed by atoms with E-state index >= 15 is 0 Å². The Balaban J connectivity index is 1.75. The molecule has 5 heteroatoms. The largest absolute Gasteiger partial charge is 0.317 e. The zero-order chi connectivity index (χ0) is 11.4. The van der Waals surface area contributed by atoms with Gasteiger partial charge in [-0.2, -0.15) is 0 Å². The van der Waals surface area contributed by atoms with Gasteiger partial charge in [-0.1, -0.05) is 0 Å². The molecule has 2 aliphatic heterocycles. The predicted octanol–water partition coefficient (Wildman–Crippen LogP) is 0.267. The fourth-order valence-corrected chi connectivity index (χ4v) is 3.65. The van der Waals surface area contributed by atoms with E-state index in [0.29, 0.717) is 0 Å². The molecule has 2 aliphatic rings. The number of hydrogen-bond acceptors (Lipinski definition) is 4. The lowest BCUT2D eigenvalue weighted by Crippen LogP contribution is -2.39. The minimum absolute atomic E-state index is 0.258. The van der Waals surface area contributed by atoms with Crippen molar-refractivity contribution in [2.24, 2.45) is 11.8 Å². The molecule has 0 saturated carbocycles. The minimum atomic E-state index is -2.24. The topological polar surface area (TPSA) is 49.4 Å². The van der Waals surface area contributed by atoms with Crippen LogP contribution in [-0.2, 0) is 10.7 Å². The summed E-state index contributed by atoms with van der Waals surface area (Å²) >= 11 is 0. The number of likely N-dealkylation sites (tertiary alicyclic amines) is 1. The summed E-state index contributed by atoms with van der Waals surface area (Å²) in [5.74, 6) is 1.97. The Labute approximate surface area is 99.3 Å². The van der Waals surface area contributed by atoms with Crippen molar-refractivity contribution in [3.63, 3.8) is 0 Å². The van der Waals surface area contributed by atoms with E-state index in [0.717, 1.165) is 38.0 Å². The molecule has 0 aliphatic carbocycles. The first kappa shape index (κ1) is 12.3. The van der Waals surface area contributed by atoms with E-state index in [2.05, 4.69) is 10.2 Å². The van der Waals surface area contributed by atoms with Gasteiger partial charge < -0.3 is 5.32 Å². The molecule has 2 rings (SSSR count). The maximum atomic E-state index is 10.6. The quantitative estimate of drug-likeness (QED) is 0.702. The molecule has 2 fully saturated rings. The van der Waals surface area contributed by atoms with Crippen molar-refractivity contribution in [2.45, 2.75) is 25.7 Å². The van der Waals surface area contributed by atoms with Crippen LogP contribution < -0.4 is 5.32 Å². The van der Waals surface area contributed by atoms with Crippen molar-refractivity contribution in [2.75, 3.05) is 32.1 Å². The SMILES string of the molecule is O=[SH](=O)CN1CCC(C2CCNCC2)CC1. The molecule has 0 unspecified atom stereocenters. The summed E-state index contributed by atoms with van der Waals surface area (Å²) < 4.78 is 21.3. The van der Waals surface area contributed by atoms with E-state index in [1.807, 2.05) is 0 Å². The van der Waals surface area contributed by atoms with Crippen LogP contribution in [0.3, 0.4) is 0 Å². The number of thiol groups is 1. The molecule has 0 amide bonds. The van der Waals surface area contributed by atoms with Crippen molar-refractivity contribution in [1.29, 1.82) is 0 Å². The van der Waals surface area contributed by atoms with Gasteiger partial charge in [-0.05, 0) is 63.7 Å². The third kappa shape index (κ3) is 3.43. The van der Waals surface area contributed by atoms with Gasteiger partial charge >= 0.3 is 0 Å². The standard InChI is InChI=1S/C11H22N2O2S/c14-16(15)9-13-7-3-11(4-8-13)10-1-5-12-6-2-10/h10-12,16H,1-9H2. The first-order valence-electron chi connectivity index (χ1n) is 6.30. The van der Waals surface area contributed by atoms with E-state index < -0.39 is 10.7 Å². The van der Waals surface area contributed by atoms with Gasteiger partial charge in [-0.3, -0.25) is 4.90 Å². The van der Waals surface area contributed by atoms with E-state index in [1.54, 1.807) is 0 Å². The van der Waals surface area contributed by atoms with Gasteiger partial charge in [0.05, 0.1) is 5.88 Å². The third-order valence-electron chi connectivity index (χ3n) is 4.00. The van der Waals surface area contributed by atoms with Gasteiger partial charge in [-0.15, -0.1) is 0 Å². The molecule has 16 heavy (non-hydrogen) atoms. The van der Waals surface area contributed by atoms with Crippen LogP contribution in [0.15, 0.2) is 0 Å². The highest BCUT2D eigenvalue weighted by Gasteiger charge is 2.27. The molecule has 0 radical (unpaired) electrons. The molecule has 0 spiro atoms. The fourth-order valence-electron chi connectivity index (χ4n) is 3.04. The van der Waals surface area contributed by atoms with Gasteiger partial charge in [0.1, 0.15) is 0 Å². The molecular formula is C11H22N2O2S. The number of nitrogens with one attached hydrogen (secondary N) is 1. The number of hydrogen-bond donors (Lipinski definition) is 2. The Morgan fingerprint density at radius 1 is 1.00 bits per heavy atom. The molecule has 0 atom stereocenters. The van der Waals surface area contributed by atoms with E-state index in [9.17, 15) is 8.42 Å². The maximum absolute atomic E-state index is 10.6. The van der Waals surface area contributed by atoms with E-state index in [-0.39, 0.29) is 5.88 Å². The molecular weight excluding hydrogens is 224 g/mol. The molecule has 2 saturated heterocycles. The van der Waals surface area contributed by atoms with Crippen LogP contribution in [0.25, 0.3) is 0 Å². The van der Waals surface area contributed by atoms with E-state index in [4.69, 9.17) is 0 Å². The summed E-state index contributed by atoms with van der Waals surface area (Å²) in [6.07, 6.45) is 4.99. The van der Waals surface area contributed by atoms with Crippen LogP contribution in [-0.4, -0.2) is 45.4 Å². The van der Waals surface area contributed by atoms with E-state index in [1.165, 1.54) is 25.7 Å². The highest BCUT2D eigenvalue weighted by Crippen LogP contribution is 2.30. The normalized spacial score (nSPS) is 26.3. The monoisotopic (exact) mass is 246 g/mol. The summed E-state index contributed by atoms with van der Waals surface area (Å²) in [6.45, 7) is 4.27. The Morgan fingerprint density at radius 3 is 2.12 bits per heavy atom. The Hall–Kier alpha value is -0.130. The lowest BCUT2D eigenvalue weighted by atomic mass is 9.79. The molecule has 0 bridgehead atoms. The van der Waals surface area contributed by atoms with Gasteiger partial charge in [0.25, 0.3) is 0 Å². The molecule has 0 aromatic heterocycles. The summed E-state index contributed by atoms with van der Waals surface area (Å²) in [7, 11) is -2.24. The second-order valence-corrected chi connectivity index (χ2v) is 5.97. The molecule has 1 N–H and O–H groups in total. The molecule has 0 aromatic rings. The van der Waals surface area contributed by atoms with Gasteiger partial charge in [-0.25, -0.2) is 8.42 Å². The Morgan fingerprint density at radius 2 is 1.56 bits per heavy atom. The van der Waals surface area contributed by atoms with Gasteiger partial charge in [0.15, 0.2) is 10.7 Å². The van der Waals surface area contributed by atoms with Crippen LogP contribution in [0.2, 0.25) is 0 Å². The zero-order valence-electron chi connectivity index (χ0n) is 9.73. The minimum Gasteiger partial charge on any atom is -0.317 e. The average molecular weight is 246 g/mol. The maximum Gasteiger partial charge on any atom is 0.153 e. The third-order valence-corrected chi connectivity index (χ3v) is 4.63. The number of piperidine rings is 2. The lowest BCUT2D eigenvalue weighted by Gasteiger charge is -2.37. The first-order valence-corrected chi connectivity index (χ1v) is 7.67. The van der Waals surface area contributed by atoms with Crippen molar-refractivity contribution in [3.8, 4) is 0 Å². The zero-order valence-corrected chi connectivity index (χ0v) is 10.6. The van der Waals surface area contributed by atoms with Crippen LogP contribution in [0.5, 0.6) is 0 Å². The first-order chi connectivity index (χ1) is 7.75. The van der Waals surface area contributed by atoms with Crippen molar-refractivity contribution in [1.82, 2.24) is 10.2 Å². The second-order valence-electron chi connectivity index (χ2n) is 5.02. The van der Waals surface area contributed by atoms with Crippen LogP contribution in [0.1, 0.15) is 25.7 Å². The highest BCUT2D eigenvalue weighted by molar-refractivity contribution is 7.72. The Kier molecular flexibility index (Phi) is 4.61. The lowest BCUT2D eigenvalue weighted by molar-refractivity contribution is 0.144. The van der Waals surface area contributed by atoms with Gasteiger partial charge in [0.2, 0.25) is 0 Å². The fraction of sp³-hybridized carbons (Fsp3) is 1.00.